The van der Waals surface area contributed by atoms with E-state index in [1.165, 1.54) is 18.4 Å². The summed E-state index contributed by atoms with van der Waals surface area (Å²) in [6, 6.07) is 0. The molecule has 14 heavy (non-hydrogen) atoms. The zero-order chi connectivity index (χ0) is 10.1. The predicted octanol–water partition coefficient (Wildman–Crippen LogP) is 0.865. The van der Waals surface area contributed by atoms with Crippen LogP contribution in [0.25, 0.3) is 0 Å². The fraction of sp³-hybridized carbons (Fsp3) is 0.100. The summed E-state index contributed by atoms with van der Waals surface area (Å²) in [6.07, 6.45) is 5.87. The molecule has 1 aliphatic heterocycles. The number of aliphatic carboxylic acids is 1. The lowest BCUT2D eigenvalue weighted by atomic mass is 10.0. The highest BCUT2D eigenvalue weighted by Gasteiger charge is 2.19. The average Bonchev–Trinajstić information content (AvgIpc) is 2.47. The molecule has 2 rings (SSSR count). The van der Waals surface area contributed by atoms with E-state index in [2.05, 4.69) is 4.99 Å². The number of allylic oxidation sites excluding steroid dienone is 3. The van der Waals surface area contributed by atoms with Crippen LogP contribution >= 0.6 is 0 Å². The van der Waals surface area contributed by atoms with Gasteiger partial charge in [0.2, 0.25) is 0 Å². The van der Waals surface area contributed by atoms with E-state index in [0.29, 0.717) is 11.3 Å². The average molecular weight is 189 g/mol. The highest BCUT2D eigenvalue weighted by atomic mass is 16.4. The van der Waals surface area contributed by atoms with Gasteiger partial charge in [0.25, 0.3) is 0 Å². The number of carboxylic acids is 1. The molecule has 0 saturated heterocycles. The number of ketones is 1. The van der Waals surface area contributed by atoms with E-state index in [0.717, 1.165) is 5.57 Å². The van der Waals surface area contributed by atoms with Crippen LogP contribution in [0.2, 0.25) is 0 Å². The van der Waals surface area contributed by atoms with Crippen molar-refractivity contribution in [1.82, 2.24) is 0 Å². The lowest BCUT2D eigenvalue weighted by Crippen LogP contribution is -2.01. The third-order valence-corrected chi connectivity index (χ3v) is 2.02. The molecule has 0 saturated carbocycles. The van der Waals surface area contributed by atoms with Crippen LogP contribution in [0.5, 0.6) is 0 Å². The zero-order valence-corrected chi connectivity index (χ0v) is 7.23. The van der Waals surface area contributed by atoms with Crippen LogP contribution in [0.4, 0.5) is 0 Å². The SMILES string of the molecule is O=C1C=CC2=C(CC(=O)O)C=NC2=C1. The van der Waals surface area contributed by atoms with Gasteiger partial charge in [-0.15, -0.1) is 0 Å². The van der Waals surface area contributed by atoms with Gasteiger partial charge < -0.3 is 5.11 Å². The topological polar surface area (TPSA) is 66.7 Å². The maximum Gasteiger partial charge on any atom is 0.307 e. The van der Waals surface area contributed by atoms with Crippen molar-refractivity contribution in [3.63, 3.8) is 0 Å². The third-order valence-electron chi connectivity index (χ3n) is 2.02. The number of hydrogen-bond acceptors (Lipinski definition) is 3. The summed E-state index contributed by atoms with van der Waals surface area (Å²) in [4.78, 5) is 25.4. The monoisotopic (exact) mass is 189 g/mol. The fourth-order valence-corrected chi connectivity index (χ4v) is 1.41. The standard InChI is InChI=1S/C10H7NO3/c12-7-1-2-8-6(3-10(13)14)5-11-9(8)4-7/h1-2,4-5H,3H2,(H,13,14). The molecule has 0 bridgehead atoms. The van der Waals surface area contributed by atoms with Gasteiger partial charge >= 0.3 is 5.97 Å². The number of hydrogen-bond donors (Lipinski definition) is 1. The molecule has 0 radical (unpaired) electrons. The molecule has 0 atom stereocenters. The quantitative estimate of drug-likeness (QED) is 0.700. The smallest absolute Gasteiger partial charge is 0.307 e. The number of carbonyl (C=O) groups excluding carboxylic acids is 1. The van der Waals surface area contributed by atoms with Crippen molar-refractivity contribution in [2.24, 2.45) is 4.99 Å². The number of rotatable bonds is 2. The Balaban J connectivity index is 2.36. The Morgan fingerprint density at radius 1 is 1.43 bits per heavy atom. The summed E-state index contributed by atoms with van der Waals surface area (Å²) >= 11 is 0. The van der Waals surface area contributed by atoms with Crippen LogP contribution in [-0.2, 0) is 9.59 Å². The molecule has 1 N–H and O–H groups in total. The first kappa shape index (κ1) is 8.62. The van der Waals surface area contributed by atoms with E-state index in [9.17, 15) is 9.59 Å². The van der Waals surface area contributed by atoms with Crippen molar-refractivity contribution in [3.8, 4) is 0 Å². The van der Waals surface area contributed by atoms with Crippen LogP contribution in [-0.4, -0.2) is 23.1 Å². The molecule has 0 aromatic carbocycles. The van der Waals surface area contributed by atoms with E-state index < -0.39 is 5.97 Å². The number of nitrogens with zero attached hydrogens (tertiary/aromatic N) is 1. The van der Waals surface area contributed by atoms with Crippen molar-refractivity contribution >= 4 is 18.0 Å². The molecule has 0 aromatic rings. The summed E-state index contributed by atoms with van der Waals surface area (Å²) in [5.41, 5.74) is 1.95. The van der Waals surface area contributed by atoms with Gasteiger partial charge in [0.1, 0.15) is 0 Å². The molecule has 70 valence electrons. The van der Waals surface area contributed by atoms with Crippen LogP contribution in [0, 0.1) is 0 Å². The zero-order valence-electron chi connectivity index (χ0n) is 7.23. The number of carbonyl (C=O) groups is 2. The van der Waals surface area contributed by atoms with Gasteiger partial charge in [0.05, 0.1) is 12.1 Å². The second kappa shape index (κ2) is 3.06. The molecule has 0 fully saturated rings. The van der Waals surface area contributed by atoms with Crippen molar-refractivity contribution in [2.75, 3.05) is 0 Å². The highest BCUT2D eigenvalue weighted by Crippen LogP contribution is 2.27. The Morgan fingerprint density at radius 3 is 2.93 bits per heavy atom. The fourth-order valence-electron chi connectivity index (χ4n) is 1.41. The van der Waals surface area contributed by atoms with Crippen molar-refractivity contribution in [3.05, 3.63) is 35.1 Å². The van der Waals surface area contributed by atoms with Gasteiger partial charge in [-0.3, -0.25) is 14.6 Å². The Bertz CT molecular complexity index is 438. The van der Waals surface area contributed by atoms with E-state index in [1.807, 2.05) is 0 Å². The predicted molar refractivity (Wildman–Crippen MR) is 50.0 cm³/mol. The Hall–Kier alpha value is -1.97. The van der Waals surface area contributed by atoms with E-state index in [4.69, 9.17) is 5.11 Å². The first-order chi connectivity index (χ1) is 6.66. The van der Waals surface area contributed by atoms with Gasteiger partial charge in [-0.1, -0.05) is 0 Å². The Labute approximate surface area is 80.0 Å². The molecule has 0 unspecified atom stereocenters. The molecule has 4 heteroatoms. The molecule has 0 aromatic heterocycles. The largest absolute Gasteiger partial charge is 0.481 e. The lowest BCUT2D eigenvalue weighted by Gasteiger charge is -2.03. The maximum atomic E-state index is 11.0. The Morgan fingerprint density at radius 2 is 2.21 bits per heavy atom. The van der Waals surface area contributed by atoms with E-state index in [1.54, 1.807) is 6.08 Å². The number of carboxylic acid groups (broad SMARTS) is 1. The third kappa shape index (κ3) is 1.42. The summed E-state index contributed by atoms with van der Waals surface area (Å²) < 4.78 is 0. The molecule has 4 nitrogen and oxygen atoms in total. The second-order valence-electron chi connectivity index (χ2n) is 3.03. The lowest BCUT2D eigenvalue weighted by molar-refractivity contribution is -0.136. The van der Waals surface area contributed by atoms with Crippen LogP contribution in [0.1, 0.15) is 6.42 Å². The van der Waals surface area contributed by atoms with E-state index in [-0.39, 0.29) is 12.2 Å². The minimum absolute atomic E-state index is 0.0608. The molecule has 0 spiro atoms. The first-order valence-electron chi connectivity index (χ1n) is 4.10. The minimum Gasteiger partial charge on any atom is -0.481 e. The van der Waals surface area contributed by atoms with Gasteiger partial charge in [-0.05, 0) is 17.7 Å². The molecule has 1 aliphatic carbocycles. The van der Waals surface area contributed by atoms with Crippen molar-refractivity contribution in [2.45, 2.75) is 6.42 Å². The number of fused-ring (bicyclic) bond motifs is 1. The van der Waals surface area contributed by atoms with E-state index >= 15 is 0 Å². The van der Waals surface area contributed by atoms with Crippen LogP contribution < -0.4 is 0 Å². The van der Waals surface area contributed by atoms with Crippen LogP contribution in [0.3, 0.4) is 0 Å². The molecular weight excluding hydrogens is 182 g/mol. The van der Waals surface area contributed by atoms with Crippen molar-refractivity contribution < 1.29 is 14.7 Å². The maximum absolute atomic E-state index is 11.0. The summed E-state index contributed by atoms with van der Waals surface area (Å²) in [5, 5.41) is 8.61. The second-order valence-corrected chi connectivity index (χ2v) is 3.03. The molecule has 1 heterocycles. The van der Waals surface area contributed by atoms with Crippen molar-refractivity contribution in [1.29, 1.82) is 0 Å². The van der Waals surface area contributed by atoms with Gasteiger partial charge in [0.15, 0.2) is 5.78 Å². The molecule has 0 amide bonds. The highest BCUT2D eigenvalue weighted by molar-refractivity contribution is 6.05. The summed E-state index contributed by atoms with van der Waals surface area (Å²) in [5.74, 6) is -1.01. The van der Waals surface area contributed by atoms with Crippen LogP contribution in [0.15, 0.2) is 40.1 Å². The molecule has 2 aliphatic rings. The van der Waals surface area contributed by atoms with Gasteiger partial charge in [-0.25, -0.2) is 0 Å². The normalized spacial score (nSPS) is 18.6. The summed E-state index contributed by atoms with van der Waals surface area (Å²) in [7, 11) is 0. The van der Waals surface area contributed by atoms with Gasteiger partial charge in [0, 0.05) is 17.9 Å². The molecular formula is C10H7NO3. The number of aliphatic imine (C=N–C) groups is 1. The minimum atomic E-state index is -0.898. The Kier molecular flexibility index (Phi) is 1.89. The first-order valence-corrected chi connectivity index (χ1v) is 4.10. The van der Waals surface area contributed by atoms with Gasteiger partial charge in [-0.2, -0.15) is 0 Å². The summed E-state index contributed by atoms with van der Waals surface area (Å²) in [6.45, 7) is 0.